The van der Waals surface area contributed by atoms with E-state index < -0.39 is 5.97 Å². The van der Waals surface area contributed by atoms with Crippen LogP contribution in [-0.2, 0) is 14.3 Å². The van der Waals surface area contributed by atoms with E-state index in [2.05, 4.69) is 4.57 Å². The summed E-state index contributed by atoms with van der Waals surface area (Å²) in [7, 11) is 1.65. The molecule has 0 aliphatic carbocycles. The number of benzene rings is 1. The van der Waals surface area contributed by atoms with Crippen molar-refractivity contribution >= 4 is 29.4 Å². The highest BCUT2D eigenvalue weighted by atomic mass is 35.5. The molecular weight excluding hydrogens is 366 g/mol. The molecule has 1 atom stereocenters. The van der Waals surface area contributed by atoms with Gasteiger partial charge in [-0.3, -0.25) is 4.79 Å². The Morgan fingerprint density at radius 1 is 1.26 bits per heavy atom. The molecule has 0 spiro atoms. The lowest BCUT2D eigenvalue weighted by atomic mass is 10.1. The average Bonchev–Trinajstić information content (AvgIpc) is 2.92. The monoisotopic (exact) mass is 389 g/mol. The van der Waals surface area contributed by atoms with Crippen LogP contribution in [0.15, 0.2) is 36.4 Å². The third-order valence-electron chi connectivity index (χ3n) is 4.24. The first kappa shape index (κ1) is 20.9. The van der Waals surface area contributed by atoms with Crippen molar-refractivity contribution in [2.75, 3.05) is 20.3 Å². The zero-order chi connectivity index (χ0) is 20.0. The third kappa shape index (κ3) is 5.55. The number of aryl methyl sites for hydroxylation is 1. The molecule has 0 aliphatic rings. The van der Waals surface area contributed by atoms with Crippen LogP contribution < -0.4 is 0 Å². The highest BCUT2D eigenvalue weighted by Crippen LogP contribution is 2.21. The summed E-state index contributed by atoms with van der Waals surface area (Å²) < 4.78 is 12.3. The van der Waals surface area contributed by atoms with Gasteiger partial charge in [-0.2, -0.15) is 0 Å². The Morgan fingerprint density at radius 2 is 2.00 bits per heavy atom. The minimum Gasteiger partial charge on any atom is -0.454 e. The summed E-state index contributed by atoms with van der Waals surface area (Å²) in [6.45, 7) is 6.09. The fraction of sp³-hybridized carbons (Fsp3) is 0.333. The van der Waals surface area contributed by atoms with Crippen LogP contribution in [0.2, 0.25) is 5.02 Å². The molecule has 0 unspecified atom stereocenters. The number of nitrogens with zero attached hydrogens (tertiary/aromatic N) is 1. The fourth-order valence-corrected chi connectivity index (χ4v) is 3.29. The van der Waals surface area contributed by atoms with Gasteiger partial charge in [0, 0.05) is 35.2 Å². The molecule has 1 aromatic heterocycles. The lowest BCUT2D eigenvalue weighted by Crippen LogP contribution is -2.16. The molecule has 1 aromatic carbocycles. The first-order valence-electron chi connectivity index (χ1n) is 8.64. The van der Waals surface area contributed by atoms with E-state index in [4.69, 9.17) is 21.1 Å². The maximum Gasteiger partial charge on any atom is 0.331 e. The van der Waals surface area contributed by atoms with Crippen molar-refractivity contribution in [3.05, 3.63) is 63.9 Å². The average molecular weight is 390 g/mol. The molecule has 0 radical (unpaired) electrons. The molecule has 6 heteroatoms. The number of ketones is 1. The number of Topliss-reactive ketones (excluding diaryl/α,β-unsaturated/α-hetero) is 1. The molecule has 2 aromatic rings. The first-order valence-corrected chi connectivity index (χ1v) is 9.02. The SMILES string of the molecule is COC[C@@H](C)n1c(C)cc(C(=O)COC(=O)/C=C/c2cccc(Cl)c2)c1C. The van der Waals surface area contributed by atoms with Gasteiger partial charge in [0.05, 0.1) is 12.6 Å². The number of hydrogen-bond acceptors (Lipinski definition) is 4. The standard InChI is InChI=1S/C21H24ClNO4/c1-14-10-19(16(3)23(14)15(2)12-26-4)20(24)13-27-21(25)9-8-17-6-5-7-18(22)11-17/h5-11,15H,12-13H2,1-4H3/b9-8+/t15-/m1/s1. The Balaban J connectivity index is 1.99. The van der Waals surface area contributed by atoms with Gasteiger partial charge in [-0.25, -0.2) is 4.79 Å². The molecule has 2 rings (SSSR count). The maximum absolute atomic E-state index is 12.5. The van der Waals surface area contributed by atoms with Crippen molar-refractivity contribution in [2.45, 2.75) is 26.8 Å². The number of carbonyl (C=O) groups is 2. The van der Waals surface area contributed by atoms with Gasteiger partial charge in [0.2, 0.25) is 5.78 Å². The van der Waals surface area contributed by atoms with Crippen molar-refractivity contribution in [3.63, 3.8) is 0 Å². The Kier molecular flexibility index (Phi) is 7.39. The molecule has 0 saturated carbocycles. The molecule has 0 amide bonds. The number of ether oxygens (including phenoxy) is 2. The van der Waals surface area contributed by atoms with Crippen LogP contribution >= 0.6 is 11.6 Å². The van der Waals surface area contributed by atoms with Crippen molar-refractivity contribution in [3.8, 4) is 0 Å². The summed E-state index contributed by atoms with van der Waals surface area (Å²) in [5.41, 5.74) is 3.14. The van der Waals surface area contributed by atoms with Crippen molar-refractivity contribution in [1.82, 2.24) is 4.57 Å². The Labute approximate surface area is 164 Å². The summed E-state index contributed by atoms with van der Waals surface area (Å²) in [6.07, 6.45) is 2.87. The Bertz CT molecular complexity index is 854. The molecule has 0 N–H and O–H groups in total. The summed E-state index contributed by atoms with van der Waals surface area (Å²) in [5, 5.41) is 0.582. The van der Waals surface area contributed by atoms with Crippen molar-refractivity contribution < 1.29 is 19.1 Å². The quantitative estimate of drug-likeness (QED) is 0.381. The van der Waals surface area contributed by atoms with E-state index in [1.807, 2.05) is 32.9 Å². The van der Waals surface area contributed by atoms with Crippen LogP contribution in [0, 0.1) is 13.8 Å². The van der Waals surface area contributed by atoms with Gasteiger partial charge in [0.15, 0.2) is 6.61 Å². The second-order valence-electron chi connectivity index (χ2n) is 6.38. The minimum atomic E-state index is -0.579. The predicted octanol–water partition coefficient (Wildman–Crippen LogP) is 4.41. The molecule has 0 saturated heterocycles. The van der Waals surface area contributed by atoms with Gasteiger partial charge in [-0.15, -0.1) is 0 Å². The highest BCUT2D eigenvalue weighted by molar-refractivity contribution is 6.30. The number of carbonyl (C=O) groups excluding carboxylic acids is 2. The molecule has 0 bridgehead atoms. The molecular formula is C21H24ClNO4. The molecule has 0 fully saturated rings. The van der Waals surface area contributed by atoms with Gasteiger partial charge in [-0.05, 0) is 50.6 Å². The maximum atomic E-state index is 12.5. The van der Waals surface area contributed by atoms with Gasteiger partial charge in [0.1, 0.15) is 0 Å². The normalized spacial score (nSPS) is 12.3. The number of esters is 1. The lowest BCUT2D eigenvalue weighted by Gasteiger charge is -2.17. The van der Waals surface area contributed by atoms with E-state index in [0.29, 0.717) is 17.2 Å². The second-order valence-corrected chi connectivity index (χ2v) is 6.81. The summed E-state index contributed by atoms with van der Waals surface area (Å²) in [4.78, 5) is 24.3. The van der Waals surface area contributed by atoms with E-state index in [1.54, 1.807) is 31.4 Å². The van der Waals surface area contributed by atoms with Gasteiger partial charge in [-0.1, -0.05) is 23.7 Å². The minimum absolute atomic E-state index is 0.111. The third-order valence-corrected chi connectivity index (χ3v) is 4.47. The van der Waals surface area contributed by atoms with Gasteiger partial charge in [0.25, 0.3) is 0 Å². The van der Waals surface area contributed by atoms with Crippen molar-refractivity contribution in [1.29, 1.82) is 0 Å². The zero-order valence-electron chi connectivity index (χ0n) is 16.0. The van der Waals surface area contributed by atoms with Crippen LogP contribution in [0.25, 0.3) is 6.08 Å². The predicted molar refractivity (Wildman–Crippen MR) is 106 cm³/mol. The van der Waals surface area contributed by atoms with E-state index in [0.717, 1.165) is 17.0 Å². The van der Waals surface area contributed by atoms with Crippen molar-refractivity contribution in [2.24, 2.45) is 0 Å². The number of hydrogen-bond donors (Lipinski definition) is 0. The smallest absolute Gasteiger partial charge is 0.331 e. The van der Waals surface area contributed by atoms with E-state index in [-0.39, 0.29) is 18.4 Å². The van der Waals surface area contributed by atoms with Crippen LogP contribution in [-0.4, -0.2) is 36.6 Å². The van der Waals surface area contributed by atoms with E-state index >= 15 is 0 Å². The summed E-state index contributed by atoms with van der Waals surface area (Å²) >= 11 is 5.90. The molecule has 144 valence electrons. The number of aromatic nitrogens is 1. The van der Waals surface area contributed by atoms with Gasteiger partial charge < -0.3 is 14.0 Å². The summed E-state index contributed by atoms with van der Waals surface area (Å²) in [5.74, 6) is -0.812. The Hall–Kier alpha value is -2.37. The van der Waals surface area contributed by atoms with Gasteiger partial charge >= 0.3 is 5.97 Å². The summed E-state index contributed by atoms with van der Waals surface area (Å²) in [6, 6.07) is 9.01. The number of halogens is 1. The number of methoxy groups -OCH3 is 1. The molecule has 27 heavy (non-hydrogen) atoms. The molecule has 1 heterocycles. The van der Waals surface area contributed by atoms with E-state index in [9.17, 15) is 9.59 Å². The van der Waals surface area contributed by atoms with Crippen LogP contribution in [0.4, 0.5) is 0 Å². The molecule has 5 nitrogen and oxygen atoms in total. The first-order chi connectivity index (χ1) is 12.8. The lowest BCUT2D eigenvalue weighted by molar-refractivity contribution is -0.136. The largest absolute Gasteiger partial charge is 0.454 e. The highest BCUT2D eigenvalue weighted by Gasteiger charge is 2.19. The topological polar surface area (TPSA) is 57.5 Å². The Morgan fingerprint density at radius 3 is 2.67 bits per heavy atom. The van der Waals surface area contributed by atoms with Crippen LogP contribution in [0.3, 0.4) is 0 Å². The number of rotatable bonds is 8. The van der Waals surface area contributed by atoms with Crippen LogP contribution in [0.1, 0.15) is 40.3 Å². The van der Waals surface area contributed by atoms with E-state index in [1.165, 1.54) is 6.08 Å². The fourth-order valence-electron chi connectivity index (χ4n) is 3.09. The molecule has 0 aliphatic heterocycles. The van der Waals surface area contributed by atoms with Crippen LogP contribution in [0.5, 0.6) is 0 Å². The zero-order valence-corrected chi connectivity index (χ0v) is 16.7. The second kappa shape index (κ2) is 9.53.